The van der Waals surface area contributed by atoms with Gasteiger partial charge in [-0.25, -0.2) is 9.37 Å². The predicted molar refractivity (Wildman–Crippen MR) is 72.2 cm³/mol. The molecular formula is C13H10FN3OS. The number of aromatic nitrogens is 2. The lowest BCUT2D eigenvalue weighted by molar-refractivity contribution is 0.103. The normalized spacial score (nSPS) is 10.8. The van der Waals surface area contributed by atoms with Crippen LogP contribution in [0.4, 0.5) is 10.1 Å². The van der Waals surface area contributed by atoms with Crippen LogP contribution in [0.25, 0.3) is 5.65 Å². The van der Waals surface area contributed by atoms with Crippen molar-refractivity contribution in [3.8, 4) is 0 Å². The van der Waals surface area contributed by atoms with E-state index < -0.39 is 5.82 Å². The van der Waals surface area contributed by atoms with Crippen LogP contribution >= 0.6 is 11.3 Å². The molecule has 0 bridgehead atoms. The number of hydrogen-bond donors (Lipinski definition) is 1. The lowest BCUT2D eigenvalue weighted by Gasteiger charge is -2.05. The van der Waals surface area contributed by atoms with E-state index in [2.05, 4.69) is 10.3 Å². The topological polar surface area (TPSA) is 46.4 Å². The van der Waals surface area contributed by atoms with Crippen molar-refractivity contribution in [3.63, 3.8) is 0 Å². The van der Waals surface area contributed by atoms with Crippen molar-refractivity contribution in [2.24, 2.45) is 0 Å². The third kappa shape index (κ3) is 2.22. The maximum Gasteiger partial charge on any atom is 0.265 e. The summed E-state index contributed by atoms with van der Waals surface area (Å²) in [5.74, 6) is -0.706. The largest absolute Gasteiger partial charge is 0.320 e. The van der Waals surface area contributed by atoms with E-state index in [1.165, 1.54) is 17.4 Å². The Morgan fingerprint density at radius 1 is 1.47 bits per heavy atom. The summed E-state index contributed by atoms with van der Waals surface area (Å²) in [4.78, 5) is 16.5. The van der Waals surface area contributed by atoms with E-state index in [4.69, 9.17) is 0 Å². The van der Waals surface area contributed by atoms with E-state index in [0.717, 1.165) is 5.69 Å². The molecule has 3 aromatic rings. The van der Waals surface area contributed by atoms with Crippen molar-refractivity contribution in [3.05, 3.63) is 52.4 Å². The van der Waals surface area contributed by atoms with Crippen LogP contribution in [0.15, 0.2) is 36.0 Å². The molecule has 0 atom stereocenters. The van der Waals surface area contributed by atoms with Gasteiger partial charge in [-0.1, -0.05) is 6.07 Å². The number of anilines is 1. The molecule has 0 aliphatic heterocycles. The maximum atomic E-state index is 13.8. The van der Waals surface area contributed by atoms with E-state index in [9.17, 15) is 9.18 Å². The third-order valence-corrected chi connectivity index (χ3v) is 3.50. The van der Waals surface area contributed by atoms with E-state index >= 15 is 0 Å². The molecule has 0 spiro atoms. The van der Waals surface area contributed by atoms with Gasteiger partial charge in [0.05, 0.1) is 16.3 Å². The van der Waals surface area contributed by atoms with Crippen molar-refractivity contribution in [2.45, 2.75) is 6.92 Å². The smallest absolute Gasteiger partial charge is 0.265 e. The minimum absolute atomic E-state index is 0.245. The number of aryl methyl sites for hydroxylation is 1. The van der Waals surface area contributed by atoms with Gasteiger partial charge in [-0.3, -0.25) is 4.79 Å². The second kappa shape index (κ2) is 4.47. The highest BCUT2D eigenvalue weighted by atomic mass is 32.1. The number of nitrogens with one attached hydrogen (secondary N) is 1. The molecule has 0 radical (unpaired) electrons. The number of rotatable bonds is 2. The van der Waals surface area contributed by atoms with Crippen LogP contribution in [0, 0.1) is 12.7 Å². The molecule has 6 heteroatoms. The van der Waals surface area contributed by atoms with E-state index in [0.29, 0.717) is 10.6 Å². The van der Waals surface area contributed by atoms with Crippen LogP contribution in [-0.2, 0) is 0 Å². The highest BCUT2D eigenvalue weighted by Gasteiger charge is 2.10. The first-order valence-electron chi connectivity index (χ1n) is 5.63. The Bertz CT molecular complexity index is 749. The van der Waals surface area contributed by atoms with Gasteiger partial charge in [0.1, 0.15) is 0 Å². The summed E-state index contributed by atoms with van der Waals surface area (Å²) in [5.41, 5.74) is 1.38. The second-order valence-corrected chi connectivity index (χ2v) is 5.07. The summed E-state index contributed by atoms with van der Waals surface area (Å²) in [7, 11) is 0. The molecule has 0 saturated heterocycles. The molecule has 4 nitrogen and oxygen atoms in total. The Morgan fingerprint density at radius 2 is 2.32 bits per heavy atom. The number of pyridine rings is 1. The molecule has 0 saturated carbocycles. The van der Waals surface area contributed by atoms with Gasteiger partial charge in [-0.2, -0.15) is 0 Å². The van der Waals surface area contributed by atoms with Crippen molar-refractivity contribution in [1.82, 2.24) is 9.38 Å². The van der Waals surface area contributed by atoms with E-state index in [1.807, 2.05) is 5.38 Å². The molecule has 0 aromatic carbocycles. The number of imidazole rings is 1. The Balaban J connectivity index is 1.95. The zero-order valence-corrected chi connectivity index (χ0v) is 10.9. The molecule has 0 fully saturated rings. The number of thiophene rings is 1. The van der Waals surface area contributed by atoms with Gasteiger partial charge in [0, 0.05) is 18.5 Å². The fourth-order valence-corrected chi connectivity index (χ4v) is 2.47. The minimum atomic E-state index is -0.461. The van der Waals surface area contributed by atoms with Crippen molar-refractivity contribution in [2.75, 3.05) is 5.32 Å². The van der Waals surface area contributed by atoms with Crippen LogP contribution in [0.1, 0.15) is 15.4 Å². The van der Waals surface area contributed by atoms with Gasteiger partial charge in [-0.15, -0.1) is 11.3 Å². The highest BCUT2D eigenvalue weighted by molar-refractivity contribution is 7.12. The van der Waals surface area contributed by atoms with Gasteiger partial charge in [0.15, 0.2) is 11.5 Å². The van der Waals surface area contributed by atoms with Crippen molar-refractivity contribution >= 4 is 28.6 Å². The Hall–Kier alpha value is -2.21. The molecule has 0 aliphatic rings. The lowest BCUT2D eigenvalue weighted by atomic mass is 10.3. The van der Waals surface area contributed by atoms with Gasteiger partial charge in [-0.05, 0) is 18.4 Å². The molecule has 1 N–H and O–H groups in total. The molecule has 3 heterocycles. The minimum Gasteiger partial charge on any atom is -0.320 e. The molecular weight excluding hydrogens is 265 g/mol. The Kier molecular flexibility index (Phi) is 2.79. The molecule has 0 aliphatic carbocycles. The molecule has 3 rings (SSSR count). The summed E-state index contributed by atoms with van der Waals surface area (Å²) >= 11 is 1.34. The summed E-state index contributed by atoms with van der Waals surface area (Å²) in [6.07, 6.45) is 3.35. The quantitative estimate of drug-likeness (QED) is 0.781. The zero-order valence-electron chi connectivity index (χ0n) is 10.1. The van der Waals surface area contributed by atoms with Crippen LogP contribution in [0.2, 0.25) is 0 Å². The standard InChI is InChI=1S/C13H10FN3OS/c1-8-6-17-7-9(5-10(14)12(17)15-8)16-13(18)11-3-2-4-19-11/h2-7H,1H3,(H,16,18). The number of amides is 1. The first-order valence-corrected chi connectivity index (χ1v) is 6.51. The molecule has 3 aromatic heterocycles. The molecule has 19 heavy (non-hydrogen) atoms. The van der Waals surface area contributed by atoms with Crippen molar-refractivity contribution in [1.29, 1.82) is 0 Å². The number of halogens is 1. The molecule has 1 amide bonds. The fraction of sp³-hybridized carbons (Fsp3) is 0.0769. The number of hydrogen-bond acceptors (Lipinski definition) is 3. The lowest BCUT2D eigenvalue weighted by Crippen LogP contribution is -2.11. The Morgan fingerprint density at radius 3 is 3.05 bits per heavy atom. The van der Waals surface area contributed by atoms with Gasteiger partial charge < -0.3 is 9.72 Å². The first kappa shape index (κ1) is 11.9. The predicted octanol–water partition coefficient (Wildman–Crippen LogP) is 3.10. The molecule has 0 unspecified atom stereocenters. The highest BCUT2D eigenvalue weighted by Crippen LogP contribution is 2.17. The number of carbonyl (C=O) groups is 1. The summed E-state index contributed by atoms with van der Waals surface area (Å²) < 4.78 is 15.4. The number of nitrogens with zero attached hydrogens (tertiary/aromatic N) is 2. The average molecular weight is 275 g/mol. The monoisotopic (exact) mass is 275 g/mol. The van der Waals surface area contributed by atoms with Crippen LogP contribution < -0.4 is 5.32 Å². The first-order chi connectivity index (χ1) is 9.13. The number of carbonyl (C=O) groups excluding carboxylic acids is 1. The van der Waals surface area contributed by atoms with Gasteiger partial charge in [0.2, 0.25) is 0 Å². The average Bonchev–Trinajstić information content (AvgIpc) is 2.97. The maximum absolute atomic E-state index is 13.8. The van der Waals surface area contributed by atoms with Gasteiger partial charge in [0.25, 0.3) is 5.91 Å². The summed E-state index contributed by atoms with van der Waals surface area (Å²) in [6, 6.07) is 4.78. The SMILES string of the molecule is Cc1cn2cc(NC(=O)c3cccs3)cc(F)c2n1. The summed E-state index contributed by atoms with van der Waals surface area (Å²) in [5, 5.41) is 4.49. The van der Waals surface area contributed by atoms with E-state index in [-0.39, 0.29) is 11.6 Å². The second-order valence-electron chi connectivity index (χ2n) is 4.12. The Labute approximate surface area is 112 Å². The van der Waals surface area contributed by atoms with Crippen LogP contribution in [-0.4, -0.2) is 15.3 Å². The van der Waals surface area contributed by atoms with Crippen LogP contribution in [0.5, 0.6) is 0 Å². The zero-order chi connectivity index (χ0) is 13.4. The third-order valence-electron chi connectivity index (χ3n) is 2.63. The van der Waals surface area contributed by atoms with Gasteiger partial charge >= 0.3 is 0 Å². The summed E-state index contributed by atoms with van der Waals surface area (Å²) in [6.45, 7) is 1.79. The van der Waals surface area contributed by atoms with E-state index in [1.54, 1.807) is 35.9 Å². The fourth-order valence-electron chi connectivity index (χ4n) is 1.85. The van der Waals surface area contributed by atoms with Crippen LogP contribution in [0.3, 0.4) is 0 Å². The number of fused-ring (bicyclic) bond motifs is 1. The molecule has 96 valence electrons. The van der Waals surface area contributed by atoms with Crippen molar-refractivity contribution < 1.29 is 9.18 Å².